The number of rotatable bonds is 9. The van der Waals surface area contributed by atoms with Crippen LogP contribution in [0.25, 0.3) is 11.5 Å². The average Bonchev–Trinajstić information content (AvgIpc) is 3.34. The minimum atomic E-state index is -0.138. The number of aromatic nitrogens is 2. The third kappa shape index (κ3) is 6.31. The van der Waals surface area contributed by atoms with Crippen molar-refractivity contribution in [1.29, 1.82) is 0 Å². The monoisotopic (exact) mass is 477 g/mol. The molecule has 1 aromatic heterocycles. The van der Waals surface area contributed by atoms with Gasteiger partial charge in [-0.25, -0.2) is 0 Å². The highest BCUT2D eigenvalue weighted by Crippen LogP contribution is 2.25. The first kappa shape index (κ1) is 23.7. The standard InChI is InChI=1S/C25H27N5O3S/c1-3-13-29-14-16-30(17-15-29)21-9-7-20(8-10-21)26-23(31)18-34-25-28-27-24(33-25)19-5-11-22(12-6-19)32-4-2/h1,5-12H,4,13-18H2,2H3,(H,26,31). The molecule has 1 saturated heterocycles. The number of carbonyl (C=O) groups is 1. The molecule has 176 valence electrons. The fraction of sp³-hybridized carbons (Fsp3) is 0.320. The van der Waals surface area contributed by atoms with Crippen molar-refractivity contribution >= 4 is 29.0 Å². The topological polar surface area (TPSA) is 83.7 Å². The van der Waals surface area contributed by atoms with Gasteiger partial charge in [0.1, 0.15) is 5.75 Å². The summed E-state index contributed by atoms with van der Waals surface area (Å²) in [6, 6.07) is 15.3. The van der Waals surface area contributed by atoms with Gasteiger partial charge in [0.25, 0.3) is 5.22 Å². The van der Waals surface area contributed by atoms with Crippen LogP contribution in [0.1, 0.15) is 6.92 Å². The lowest BCUT2D eigenvalue weighted by atomic mass is 10.2. The van der Waals surface area contributed by atoms with E-state index in [1.165, 1.54) is 11.8 Å². The van der Waals surface area contributed by atoms with Crippen LogP contribution in [0.5, 0.6) is 5.75 Å². The zero-order valence-electron chi connectivity index (χ0n) is 19.1. The van der Waals surface area contributed by atoms with Crippen molar-refractivity contribution in [2.24, 2.45) is 0 Å². The van der Waals surface area contributed by atoms with Gasteiger partial charge in [0.05, 0.1) is 18.9 Å². The van der Waals surface area contributed by atoms with E-state index in [2.05, 4.69) is 31.2 Å². The van der Waals surface area contributed by atoms with E-state index in [4.69, 9.17) is 15.6 Å². The number of piperazine rings is 1. The van der Waals surface area contributed by atoms with Gasteiger partial charge in [0.15, 0.2) is 0 Å². The van der Waals surface area contributed by atoms with E-state index in [1.807, 2.05) is 55.5 Å². The molecule has 0 bridgehead atoms. The smallest absolute Gasteiger partial charge is 0.277 e. The number of nitrogens with zero attached hydrogens (tertiary/aromatic N) is 4. The van der Waals surface area contributed by atoms with Crippen LogP contribution in [-0.2, 0) is 4.79 Å². The maximum atomic E-state index is 12.4. The Labute approximate surface area is 203 Å². The molecule has 2 heterocycles. The molecule has 3 aromatic rings. The molecule has 0 aliphatic carbocycles. The number of amides is 1. The fourth-order valence-corrected chi connectivity index (χ4v) is 4.18. The highest BCUT2D eigenvalue weighted by molar-refractivity contribution is 7.99. The van der Waals surface area contributed by atoms with E-state index in [-0.39, 0.29) is 11.7 Å². The number of anilines is 2. The summed E-state index contributed by atoms with van der Waals surface area (Å²) in [6.07, 6.45) is 5.40. The maximum Gasteiger partial charge on any atom is 0.277 e. The zero-order valence-corrected chi connectivity index (χ0v) is 19.9. The largest absolute Gasteiger partial charge is 0.494 e. The lowest BCUT2D eigenvalue weighted by Gasteiger charge is -2.35. The summed E-state index contributed by atoms with van der Waals surface area (Å²) in [5.74, 6) is 3.92. The van der Waals surface area contributed by atoms with Gasteiger partial charge in [-0.05, 0) is 55.5 Å². The summed E-state index contributed by atoms with van der Waals surface area (Å²) in [4.78, 5) is 17.0. The van der Waals surface area contributed by atoms with Crippen LogP contribution >= 0.6 is 11.8 Å². The molecule has 0 saturated carbocycles. The number of terminal acetylenes is 1. The average molecular weight is 478 g/mol. The van der Waals surface area contributed by atoms with Crippen molar-refractivity contribution in [1.82, 2.24) is 15.1 Å². The van der Waals surface area contributed by atoms with Crippen molar-refractivity contribution in [3.8, 4) is 29.5 Å². The number of hydrogen-bond donors (Lipinski definition) is 1. The molecule has 34 heavy (non-hydrogen) atoms. The second kappa shape index (κ2) is 11.6. The summed E-state index contributed by atoms with van der Waals surface area (Å²) in [6.45, 7) is 7.03. The highest BCUT2D eigenvalue weighted by Gasteiger charge is 2.16. The highest BCUT2D eigenvalue weighted by atomic mass is 32.2. The molecule has 0 radical (unpaired) electrons. The lowest BCUT2D eigenvalue weighted by molar-refractivity contribution is -0.113. The number of carbonyl (C=O) groups excluding carboxylic acids is 1. The molecule has 1 aliphatic heterocycles. The Hall–Kier alpha value is -3.48. The molecule has 0 unspecified atom stereocenters. The summed E-state index contributed by atoms with van der Waals surface area (Å²) in [7, 11) is 0. The van der Waals surface area contributed by atoms with Crippen LogP contribution in [0.3, 0.4) is 0 Å². The number of nitrogens with one attached hydrogen (secondary N) is 1. The number of thioether (sulfide) groups is 1. The van der Waals surface area contributed by atoms with Gasteiger partial charge in [-0.3, -0.25) is 9.69 Å². The minimum Gasteiger partial charge on any atom is -0.494 e. The molecule has 0 spiro atoms. The van der Waals surface area contributed by atoms with E-state index >= 15 is 0 Å². The first-order valence-corrected chi connectivity index (χ1v) is 12.1. The van der Waals surface area contributed by atoms with Crippen LogP contribution in [0.2, 0.25) is 0 Å². The summed E-state index contributed by atoms with van der Waals surface area (Å²) >= 11 is 1.20. The SMILES string of the molecule is C#CCN1CCN(c2ccc(NC(=O)CSc3nnc(-c4ccc(OCC)cc4)o3)cc2)CC1. The Bertz CT molecular complexity index is 1120. The molecule has 9 heteroatoms. The van der Waals surface area contributed by atoms with Crippen LogP contribution in [0, 0.1) is 12.3 Å². The number of ether oxygens (including phenoxy) is 1. The van der Waals surface area contributed by atoms with Crippen LogP contribution in [-0.4, -0.2) is 66.1 Å². The summed E-state index contributed by atoms with van der Waals surface area (Å²) in [5, 5.41) is 11.3. The van der Waals surface area contributed by atoms with Gasteiger partial charge in [-0.1, -0.05) is 17.7 Å². The maximum absolute atomic E-state index is 12.4. The third-order valence-electron chi connectivity index (χ3n) is 5.35. The molecule has 1 aliphatic rings. The summed E-state index contributed by atoms with van der Waals surface area (Å²) < 4.78 is 11.1. The molecule has 4 rings (SSSR count). The normalized spacial score (nSPS) is 13.9. The number of benzene rings is 2. The zero-order chi connectivity index (χ0) is 23.8. The molecular formula is C25H27N5O3S. The van der Waals surface area contributed by atoms with Gasteiger partial charge in [-0.15, -0.1) is 16.6 Å². The molecule has 1 amide bonds. The molecule has 1 N–H and O–H groups in total. The van der Waals surface area contributed by atoms with Crippen molar-refractivity contribution < 1.29 is 13.9 Å². The third-order valence-corrected chi connectivity index (χ3v) is 6.17. The second-order valence-electron chi connectivity index (χ2n) is 7.68. The van der Waals surface area contributed by atoms with Gasteiger partial charge < -0.3 is 19.4 Å². The molecule has 2 aromatic carbocycles. The Morgan fingerprint density at radius 2 is 1.85 bits per heavy atom. The van der Waals surface area contributed by atoms with Gasteiger partial charge in [0.2, 0.25) is 11.8 Å². The van der Waals surface area contributed by atoms with E-state index in [1.54, 1.807) is 0 Å². The molecule has 1 fully saturated rings. The van der Waals surface area contributed by atoms with Crippen molar-refractivity contribution in [3.05, 3.63) is 48.5 Å². The van der Waals surface area contributed by atoms with E-state index in [9.17, 15) is 4.79 Å². The minimum absolute atomic E-state index is 0.138. The van der Waals surface area contributed by atoms with Crippen molar-refractivity contribution in [2.45, 2.75) is 12.1 Å². The van der Waals surface area contributed by atoms with E-state index in [0.29, 0.717) is 24.3 Å². The Balaban J connectivity index is 1.24. The quantitative estimate of drug-likeness (QED) is 0.370. The van der Waals surface area contributed by atoms with E-state index in [0.717, 1.165) is 48.9 Å². The lowest BCUT2D eigenvalue weighted by Crippen LogP contribution is -2.46. The molecule has 0 atom stereocenters. The molecular weight excluding hydrogens is 450 g/mol. The van der Waals surface area contributed by atoms with Crippen LogP contribution < -0.4 is 15.0 Å². The first-order valence-electron chi connectivity index (χ1n) is 11.1. The first-order chi connectivity index (χ1) is 16.6. The van der Waals surface area contributed by atoms with Crippen LogP contribution in [0.15, 0.2) is 58.2 Å². The second-order valence-corrected chi connectivity index (χ2v) is 8.61. The molecule has 8 nitrogen and oxygen atoms in total. The van der Waals surface area contributed by atoms with Gasteiger partial charge >= 0.3 is 0 Å². The predicted molar refractivity (Wildman–Crippen MR) is 134 cm³/mol. The van der Waals surface area contributed by atoms with Crippen molar-refractivity contribution in [2.75, 3.05) is 55.3 Å². The van der Waals surface area contributed by atoms with E-state index < -0.39 is 0 Å². The Kier molecular flexibility index (Phi) is 8.07. The summed E-state index contributed by atoms with van der Waals surface area (Å²) in [5.41, 5.74) is 2.69. The van der Waals surface area contributed by atoms with Gasteiger partial charge in [-0.2, -0.15) is 0 Å². The van der Waals surface area contributed by atoms with Crippen LogP contribution in [0.4, 0.5) is 11.4 Å². The van der Waals surface area contributed by atoms with Gasteiger partial charge in [0, 0.05) is 43.1 Å². The number of hydrogen-bond acceptors (Lipinski definition) is 8. The Morgan fingerprint density at radius 1 is 1.12 bits per heavy atom. The predicted octanol–water partition coefficient (Wildman–Crippen LogP) is 3.62. The van der Waals surface area contributed by atoms with Crippen molar-refractivity contribution in [3.63, 3.8) is 0 Å². The fourth-order valence-electron chi connectivity index (χ4n) is 3.62. The Morgan fingerprint density at radius 3 is 2.53 bits per heavy atom.